The van der Waals surface area contributed by atoms with Crippen LogP contribution in [0.1, 0.15) is 26.2 Å². The van der Waals surface area contributed by atoms with E-state index in [0.29, 0.717) is 0 Å². The van der Waals surface area contributed by atoms with Crippen molar-refractivity contribution in [3.05, 3.63) is 12.2 Å². The van der Waals surface area contributed by atoms with Crippen molar-refractivity contribution in [1.82, 2.24) is 5.32 Å². The molecule has 0 aromatic heterocycles. The smallest absolute Gasteiger partial charge is 0.0161 e. The predicted octanol–water partition coefficient (Wildman–Crippen LogP) is 2.69. The molecule has 72 valence electrons. The number of thioether (sulfide) groups is 1. The van der Waals surface area contributed by atoms with Crippen molar-refractivity contribution in [1.29, 1.82) is 0 Å². The minimum absolute atomic E-state index is 0.996. The largest absolute Gasteiger partial charge is 0.313 e. The quantitative estimate of drug-likeness (QED) is 0.463. The number of hydrogen-bond donors (Lipinski definition) is 1. The van der Waals surface area contributed by atoms with E-state index >= 15 is 0 Å². The first-order valence-corrected chi connectivity index (χ1v) is 6.07. The molecule has 12 heavy (non-hydrogen) atoms. The molecule has 0 aliphatic rings. The lowest BCUT2D eigenvalue weighted by Gasteiger charge is -2.04. The Morgan fingerprint density at radius 2 is 2.17 bits per heavy atom. The van der Waals surface area contributed by atoms with Gasteiger partial charge in [-0.1, -0.05) is 19.1 Å². The van der Waals surface area contributed by atoms with Crippen LogP contribution < -0.4 is 5.32 Å². The van der Waals surface area contributed by atoms with E-state index in [1.807, 2.05) is 11.8 Å². The minimum Gasteiger partial charge on any atom is -0.313 e. The van der Waals surface area contributed by atoms with E-state index < -0.39 is 0 Å². The standard InChI is InChI=1S/C10H21NS/c1-4-10(2)9-11-7-5-6-8-12-3/h11H,2,4-9H2,1,3H3. The molecule has 2 heteroatoms. The van der Waals surface area contributed by atoms with Crippen LogP contribution in [0.5, 0.6) is 0 Å². The zero-order valence-electron chi connectivity index (χ0n) is 8.36. The van der Waals surface area contributed by atoms with Crippen molar-refractivity contribution in [2.75, 3.05) is 25.1 Å². The molecule has 0 aliphatic heterocycles. The molecule has 0 atom stereocenters. The molecule has 0 aromatic rings. The average molecular weight is 187 g/mol. The Bertz CT molecular complexity index is 112. The summed E-state index contributed by atoms with van der Waals surface area (Å²) in [6.45, 7) is 8.23. The summed E-state index contributed by atoms with van der Waals surface area (Å²) in [5.41, 5.74) is 1.31. The van der Waals surface area contributed by atoms with Crippen LogP contribution in [-0.2, 0) is 0 Å². The molecule has 0 saturated carbocycles. The van der Waals surface area contributed by atoms with E-state index in [9.17, 15) is 0 Å². The SMILES string of the molecule is C=C(CC)CNCCCCSC. The van der Waals surface area contributed by atoms with Gasteiger partial charge in [0.05, 0.1) is 0 Å². The number of rotatable bonds is 8. The van der Waals surface area contributed by atoms with Gasteiger partial charge >= 0.3 is 0 Å². The molecule has 0 amide bonds. The first-order chi connectivity index (χ1) is 5.81. The molecule has 1 N–H and O–H groups in total. The topological polar surface area (TPSA) is 12.0 Å². The van der Waals surface area contributed by atoms with Crippen LogP contribution in [0.15, 0.2) is 12.2 Å². The Morgan fingerprint density at radius 3 is 2.75 bits per heavy atom. The fraction of sp³-hybridized carbons (Fsp3) is 0.800. The molecule has 0 radical (unpaired) electrons. The van der Waals surface area contributed by atoms with Gasteiger partial charge in [0.2, 0.25) is 0 Å². The molecule has 0 saturated heterocycles. The van der Waals surface area contributed by atoms with E-state index in [0.717, 1.165) is 19.5 Å². The number of unbranched alkanes of at least 4 members (excludes halogenated alkanes) is 1. The van der Waals surface area contributed by atoms with E-state index in [2.05, 4.69) is 25.1 Å². The van der Waals surface area contributed by atoms with Crippen LogP contribution in [0.3, 0.4) is 0 Å². The summed E-state index contributed by atoms with van der Waals surface area (Å²) in [6.07, 6.45) is 5.87. The molecule has 0 spiro atoms. The van der Waals surface area contributed by atoms with E-state index in [4.69, 9.17) is 0 Å². The summed E-state index contributed by atoms with van der Waals surface area (Å²) < 4.78 is 0. The maximum Gasteiger partial charge on any atom is 0.0161 e. The molecule has 1 nitrogen and oxygen atoms in total. The molecule has 0 aromatic carbocycles. The van der Waals surface area contributed by atoms with Crippen LogP contribution in [-0.4, -0.2) is 25.1 Å². The van der Waals surface area contributed by atoms with E-state index in [-0.39, 0.29) is 0 Å². The molecule has 0 aliphatic carbocycles. The summed E-state index contributed by atoms with van der Waals surface area (Å²) in [4.78, 5) is 0. The third-order valence-electron chi connectivity index (χ3n) is 1.83. The number of nitrogens with one attached hydrogen (secondary N) is 1. The summed E-state index contributed by atoms with van der Waals surface area (Å²) in [5, 5.41) is 3.39. The Hall–Kier alpha value is 0.0500. The Labute approximate surface area is 81.0 Å². The van der Waals surface area contributed by atoms with Crippen molar-refractivity contribution >= 4 is 11.8 Å². The average Bonchev–Trinajstić information content (AvgIpc) is 2.10. The van der Waals surface area contributed by atoms with Crippen LogP contribution in [0.2, 0.25) is 0 Å². The number of hydrogen-bond acceptors (Lipinski definition) is 2. The maximum absolute atomic E-state index is 3.94. The second kappa shape index (κ2) is 9.14. The van der Waals surface area contributed by atoms with Gasteiger partial charge < -0.3 is 5.32 Å². The van der Waals surface area contributed by atoms with Gasteiger partial charge in [-0.25, -0.2) is 0 Å². The van der Waals surface area contributed by atoms with E-state index in [1.165, 1.54) is 24.2 Å². The van der Waals surface area contributed by atoms with Gasteiger partial charge in [0.15, 0.2) is 0 Å². The molecular weight excluding hydrogens is 166 g/mol. The van der Waals surface area contributed by atoms with Crippen molar-refractivity contribution in [2.45, 2.75) is 26.2 Å². The van der Waals surface area contributed by atoms with Gasteiger partial charge in [0.1, 0.15) is 0 Å². The fourth-order valence-electron chi connectivity index (χ4n) is 0.887. The van der Waals surface area contributed by atoms with Crippen molar-refractivity contribution in [2.24, 2.45) is 0 Å². The lowest BCUT2D eigenvalue weighted by molar-refractivity contribution is 0.668. The first-order valence-electron chi connectivity index (χ1n) is 4.67. The molecule has 0 fully saturated rings. The van der Waals surface area contributed by atoms with Crippen LogP contribution in [0.25, 0.3) is 0 Å². The van der Waals surface area contributed by atoms with Gasteiger partial charge in [-0.2, -0.15) is 11.8 Å². The lowest BCUT2D eigenvalue weighted by Crippen LogP contribution is -2.17. The van der Waals surface area contributed by atoms with Gasteiger partial charge in [0, 0.05) is 6.54 Å². The van der Waals surface area contributed by atoms with Gasteiger partial charge in [-0.3, -0.25) is 0 Å². The van der Waals surface area contributed by atoms with Gasteiger partial charge in [-0.05, 0) is 37.8 Å². The molecular formula is C10H21NS. The molecule has 0 heterocycles. The maximum atomic E-state index is 3.94. The third-order valence-corrected chi connectivity index (χ3v) is 2.52. The molecule has 0 bridgehead atoms. The zero-order valence-corrected chi connectivity index (χ0v) is 9.17. The Morgan fingerprint density at radius 1 is 1.42 bits per heavy atom. The summed E-state index contributed by atoms with van der Waals surface area (Å²) in [6, 6.07) is 0. The highest BCUT2D eigenvalue weighted by Gasteiger charge is 1.90. The van der Waals surface area contributed by atoms with Crippen LogP contribution in [0.4, 0.5) is 0 Å². The highest BCUT2D eigenvalue weighted by atomic mass is 32.2. The van der Waals surface area contributed by atoms with Gasteiger partial charge in [-0.15, -0.1) is 0 Å². The summed E-state index contributed by atoms with van der Waals surface area (Å²) in [5.74, 6) is 1.29. The molecule has 0 unspecified atom stereocenters. The van der Waals surface area contributed by atoms with Crippen LogP contribution in [0, 0.1) is 0 Å². The first kappa shape index (κ1) is 12.0. The predicted molar refractivity (Wildman–Crippen MR) is 59.9 cm³/mol. The van der Waals surface area contributed by atoms with Crippen molar-refractivity contribution in [3.8, 4) is 0 Å². The fourth-order valence-corrected chi connectivity index (χ4v) is 1.38. The zero-order chi connectivity index (χ0) is 9.23. The summed E-state index contributed by atoms with van der Waals surface area (Å²) >= 11 is 1.93. The minimum atomic E-state index is 0.996. The second-order valence-electron chi connectivity index (χ2n) is 2.98. The normalized spacial score (nSPS) is 10.2. The van der Waals surface area contributed by atoms with Crippen molar-refractivity contribution in [3.63, 3.8) is 0 Å². The highest BCUT2D eigenvalue weighted by Crippen LogP contribution is 1.98. The highest BCUT2D eigenvalue weighted by molar-refractivity contribution is 7.98. The lowest BCUT2D eigenvalue weighted by atomic mass is 10.2. The second-order valence-corrected chi connectivity index (χ2v) is 3.97. The van der Waals surface area contributed by atoms with Gasteiger partial charge in [0.25, 0.3) is 0 Å². The van der Waals surface area contributed by atoms with Crippen molar-refractivity contribution < 1.29 is 0 Å². The third kappa shape index (κ3) is 8.15. The summed E-state index contributed by atoms with van der Waals surface area (Å²) in [7, 11) is 0. The Balaban J connectivity index is 2.95. The van der Waals surface area contributed by atoms with Crippen LogP contribution >= 0.6 is 11.8 Å². The molecule has 0 rings (SSSR count). The van der Waals surface area contributed by atoms with E-state index in [1.54, 1.807) is 0 Å². The Kier molecular flexibility index (Phi) is 9.18. The monoisotopic (exact) mass is 187 g/mol.